The minimum absolute atomic E-state index is 0.266. The van der Waals surface area contributed by atoms with Crippen LogP contribution >= 0.6 is 0 Å². The number of rotatable bonds is 3. The van der Waals surface area contributed by atoms with Crippen molar-refractivity contribution in [2.75, 3.05) is 0 Å². The van der Waals surface area contributed by atoms with Crippen LogP contribution < -0.4 is 0 Å². The van der Waals surface area contributed by atoms with Crippen molar-refractivity contribution in [3.63, 3.8) is 0 Å². The van der Waals surface area contributed by atoms with Crippen LogP contribution in [-0.4, -0.2) is 28.9 Å². The van der Waals surface area contributed by atoms with Gasteiger partial charge in [-0.25, -0.2) is 26.3 Å². The largest absolute Gasteiger partial charge is 0.344 e. The first-order chi connectivity index (χ1) is 10.7. The molecule has 0 saturated carbocycles. The second-order valence-corrected chi connectivity index (χ2v) is 6.68. The molecule has 0 N–H and O–H groups in total. The Kier molecular flexibility index (Phi) is 3.62. The minimum atomic E-state index is -5.11. The molecule has 2 atom stereocenters. The summed E-state index contributed by atoms with van der Waals surface area (Å²) in [5, 5.41) is 2.13. The second-order valence-electron chi connectivity index (χ2n) is 4.86. The molecule has 1 aromatic carbocycles. The van der Waals surface area contributed by atoms with E-state index in [1.807, 2.05) is 0 Å². The summed E-state index contributed by atoms with van der Waals surface area (Å²) >= 11 is 0. The molecular weight excluding hydrogens is 345 g/mol. The number of nitrogens with zero attached hydrogens (tertiary/aromatic N) is 3. The number of sulfone groups is 1. The lowest BCUT2D eigenvalue weighted by molar-refractivity contribution is 0.233. The summed E-state index contributed by atoms with van der Waals surface area (Å²) < 4.78 is 89.6. The third-order valence-electron chi connectivity index (χ3n) is 3.47. The zero-order chi connectivity index (χ0) is 16.9. The first kappa shape index (κ1) is 15.8. The van der Waals surface area contributed by atoms with Crippen LogP contribution in [0.15, 0.2) is 23.4 Å². The SMILES string of the molecule is O=S(=O)(c1nc2n(n1)C(c1cccc(F)c1F)CC2F)C(F)F. The smallest absolute Gasteiger partial charge is 0.239 e. The van der Waals surface area contributed by atoms with Crippen molar-refractivity contribution in [2.45, 2.75) is 29.5 Å². The molecule has 1 aliphatic rings. The van der Waals surface area contributed by atoms with Gasteiger partial charge in [-0.1, -0.05) is 12.1 Å². The summed E-state index contributed by atoms with van der Waals surface area (Å²) in [5.41, 5.74) is -0.266. The first-order valence-corrected chi connectivity index (χ1v) is 7.84. The lowest BCUT2D eigenvalue weighted by Crippen LogP contribution is -2.15. The van der Waals surface area contributed by atoms with Gasteiger partial charge in [0.1, 0.15) is 0 Å². The molecule has 0 saturated heterocycles. The highest BCUT2D eigenvalue weighted by molar-refractivity contribution is 7.91. The Bertz CT molecular complexity index is 868. The van der Waals surface area contributed by atoms with Gasteiger partial charge in [-0.3, -0.25) is 0 Å². The summed E-state index contributed by atoms with van der Waals surface area (Å²) in [6.45, 7) is 0. The molecule has 0 fully saturated rings. The zero-order valence-electron chi connectivity index (χ0n) is 11.1. The average molecular weight is 353 g/mol. The van der Waals surface area contributed by atoms with E-state index in [9.17, 15) is 30.4 Å². The van der Waals surface area contributed by atoms with Crippen LogP contribution in [0.25, 0.3) is 0 Å². The minimum Gasteiger partial charge on any atom is -0.239 e. The Labute approximate surface area is 126 Å². The monoisotopic (exact) mass is 353 g/mol. The molecule has 1 aromatic heterocycles. The predicted octanol–water partition coefficient (Wildman–Crippen LogP) is 2.56. The number of halogens is 5. The molecule has 0 radical (unpaired) electrons. The Balaban J connectivity index is 2.11. The topological polar surface area (TPSA) is 64.8 Å². The molecule has 5 nitrogen and oxygen atoms in total. The van der Waals surface area contributed by atoms with Gasteiger partial charge in [0, 0.05) is 12.0 Å². The van der Waals surface area contributed by atoms with Crippen molar-refractivity contribution in [2.24, 2.45) is 0 Å². The van der Waals surface area contributed by atoms with Gasteiger partial charge < -0.3 is 0 Å². The lowest BCUT2D eigenvalue weighted by atomic mass is 10.0. The highest BCUT2D eigenvalue weighted by Crippen LogP contribution is 2.41. The fourth-order valence-electron chi connectivity index (χ4n) is 2.40. The Hall–Kier alpha value is -2.04. The molecule has 0 spiro atoms. The van der Waals surface area contributed by atoms with Crippen LogP contribution in [0.3, 0.4) is 0 Å². The molecular formula is C12H8F5N3O2S. The molecule has 2 aromatic rings. The van der Waals surface area contributed by atoms with Crippen molar-refractivity contribution < 1.29 is 30.4 Å². The van der Waals surface area contributed by atoms with E-state index in [1.54, 1.807) is 0 Å². The van der Waals surface area contributed by atoms with Gasteiger partial charge in [-0.2, -0.15) is 13.8 Å². The van der Waals surface area contributed by atoms with Gasteiger partial charge in [-0.15, -0.1) is 5.10 Å². The van der Waals surface area contributed by atoms with Crippen LogP contribution in [0.4, 0.5) is 22.0 Å². The molecule has 0 bridgehead atoms. The molecule has 11 heteroatoms. The quantitative estimate of drug-likeness (QED) is 0.796. The second kappa shape index (κ2) is 5.25. The Morgan fingerprint density at radius 1 is 1.26 bits per heavy atom. The van der Waals surface area contributed by atoms with Gasteiger partial charge in [-0.05, 0) is 6.07 Å². The van der Waals surface area contributed by atoms with E-state index < -0.39 is 50.4 Å². The molecule has 1 aliphatic heterocycles. The number of aromatic nitrogens is 3. The van der Waals surface area contributed by atoms with E-state index in [0.717, 1.165) is 6.07 Å². The van der Waals surface area contributed by atoms with Crippen molar-refractivity contribution in [3.05, 3.63) is 41.2 Å². The van der Waals surface area contributed by atoms with Crippen LogP contribution in [0.5, 0.6) is 0 Å². The van der Waals surface area contributed by atoms with Gasteiger partial charge in [0.05, 0.1) is 6.04 Å². The summed E-state index contributed by atoms with van der Waals surface area (Å²) in [4.78, 5) is 3.29. The Morgan fingerprint density at radius 2 is 1.96 bits per heavy atom. The number of benzene rings is 1. The van der Waals surface area contributed by atoms with Crippen molar-refractivity contribution in [1.29, 1.82) is 0 Å². The van der Waals surface area contributed by atoms with Crippen LogP contribution in [0.1, 0.15) is 30.0 Å². The zero-order valence-corrected chi connectivity index (χ0v) is 11.9. The van der Waals surface area contributed by atoms with Gasteiger partial charge in [0.15, 0.2) is 23.6 Å². The normalized spacial score (nSPS) is 21.0. The fourth-order valence-corrected chi connectivity index (χ4v) is 2.98. The lowest BCUT2D eigenvalue weighted by Gasteiger charge is -2.13. The maximum Gasteiger partial charge on any atom is 0.344 e. The van der Waals surface area contributed by atoms with E-state index in [2.05, 4.69) is 10.1 Å². The molecule has 0 amide bonds. The molecule has 2 heterocycles. The van der Waals surface area contributed by atoms with E-state index >= 15 is 0 Å². The van der Waals surface area contributed by atoms with E-state index in [0.29, 0.717) is 4.68 Å². The standard InChI is InChI=1S/C12H8F5N3O2S/c13-6-3-1-2-5(9(6)15)8-4-7(14)10-18-12(19-20(8)10)23(21,22)11(16)17/h1-3,7-8,11H,4H2. The number of alkyl halides is 3. The van der Waals surface area contributed by atoms with E-state index in [1.165, 1.54) is 12.1 Å². The van der Waals surface area contributed by atoms with Crippen LogP contribution in [0, 0.1) is 11.6 Å². The summed E-state index contributed by atoms with van der Waals surface area (Å²) in [7, 11) is -5.11. The van der Waals surface area contributed by atoms with Gasteiger partial charge in [0.2, 0.25) is 0 Å². The fraction of sp³-hybridized carbons (Fsp3) is 0.333. The number of hydrogen-bond acceptors (Lipinski definition) is 4. The molecule has 3 rings (SSSR count). The summed E-state index contributed by atoms with van der Waals surface area (Å²) in [5.74, 6) is -6.70. The molecule has 0 aliphatic carbocycles. The van der Waals surface area contributed by atoms with Gasteiger partial charge >= 0.3 is 5.76 Å². The molecule has 124 valence electrons. The van der Waals surface area contributed by atoms with Crippen LogP contribution in [0.2, 0.25) is 0 Å². The summed E-state index contributed by atoms with van der Waals surface area (Å²) in [6, 6.07) is 2.04. The highest BCUT2D eigenvalue weighted by atomic mass is 32.2. The predicted molar refractivity (Wildman–Crippen MR) is 66.2 cm³/mol. The van der Waals surface area contributed by atoms with Gasteiger partial charge in [0.25, 0.3) is 15.0 Å². The number of fused-ring (bicyclic) bond motifs is 1. The van der Waals surface area contributed by atoms with Crippen molar-refractivity contribution >= 4 is 9.84 Å². The maximum absolute atomic E-state index is 14.0. The molecule has 23 heavy (non-hydrogen) atoms. The Morgan fingerprint density at radius 3 is 2.61 bits per heavy atom. The van der Waals surface area contributed by atoms with E-state index in [-0.39, 0.29) is 12.0 Å². The first-order valence-electron chi connectivity index (χ1n) is 6.30. The molecule has 2 unspecified atom stereocenters. The maximum atomic E-state index is 14.0. The average Bonchev–Trinajstić information content (AvgIpc) is 3.04. The summed E-state index contributed by atoms with van der Waals surface area (Å²) in [6.07, 6.45) is -2.19. The van der Waals surface area contributed by atoms with Crippen molar-refractivity contribution in [3.8, 4) is 0 Å². The highest BCUT2D eigenvalue weighted by Gasteiger charge is 2.41. The van der Waals surface area contributed by atoms with Crippen LogP contribution in [-0.2, 0) is 9.84 Å². The third kappa shape index (κ3) is 2.38. The third-order valence-corrected chi connectivity index (χ3v) is 4.62. The number of hydrogen-bond donors (Lipinski definition) is 0. The van der Waals surface area contributed by atoms with Crippen molar-refractivity contribution in [1.82, 2.24) is 14.8 Å². The van der Waals surface area contributed by atoms with E-state index in [4.69, 9.17) is 0 Å².